The van der Waals surface area contributed by atoms with E-state index in [9.17, 15) is 30.0 Å². The Morgan fingerprint density at radius 2 is 1.63 bits per heavy atom. The number of aryl methyl sites for hydroxylation is 1. The highest BCUT2D eigenvalue weighted by molar-refractivity contribution is 7.91. The highest BCUT2D eigenvalue weighted by atomic mass is 32.2. The molecule has 0 bridgehead atoms. The maximum absolute atomic E-state index is 12.8. The van der Waals surface area contributed by atoms with E-state index in [-0.39, 0.29) is 15.4 Å². The maximum Gasteiger partial charge on any atom is 0.416 e. The first-order valence-corrected chi connectivity index (χ1v) is 11.1. The molecule has 5 nitrogen and oxygen atoms in total. The minimum Gasteiger partial charge on any atom is -0.224 e. The number of benzene rings is 2. The summed E-state index contributed by atoms with van der Waals surface area (Å²) >= 11 is 0. The van der Waals surface area contributed by atoms with Gasteiger partial charge in [0.1, 0.15) is 0 Å². The summed E-state index contributed by atoms with van der Waals surface area (Å²) in [5.41, 5.74) is -0.447. The summed E-state index contributed by atoms with van der Waals surface area (Å²) in [5.74, 6) is 0. The van der Waals surface area contributed by atoms with E-state index >= 15 is 0 Å². The van der Waals surface area contributed by atoms with Crippen LogP contribution in [0.3, 0.4) is 0 Å². The third kappa shape index (κ3) is 5.08. The average Bonchev–Trinajstić information content (AvgIpc) is 2.53. The summed E-state index contributed by atoms with van der Waals surface area (Å²) in [4.78, 5) is -0.413. The molecule has 0 saturated heterocycles. The van der Waals surface area contributed by atoms with E-state index in [4.69, 9.17) is 0 Å². The molecule has 1 N–H and O–H groups in total. The molecular weight excluding hydrogens is 403 g/mol. The molecule has 2 aromatic rings. The second-order valence-electron chi connectivity index (χ2n) is 6.17. The van der Waals surface area contributed by atoms with Crippen molar-refractivity contribution in [3.63, 3.8) is 0 Å². The quantitative estimate of drug-likeness (QED) is 0.802. The van der Waals surface area contributed by atoms with E-state index in [0.29, 0.717) is 5.56 Å². The van der Waals surface area contributed by atoms with Gasteiger partial charge in [0.05, 0.1) is 15.4 Å². The summed E-state index contributed by atoms with van der Waals surface area (Å²) in [7, 11) is -7.79. The molecule has 0 heterocycles. The van der Waals surface area contributed by atoms with Gasteiger partial charge in [0.25, 0.3) is 0 Å². The fraction of sp³-hybridized carbons (Fsp3) is 0.294. The third-order valence-corrected chi connectivity index (χ3v) is 6.72. The van der Waals surface area contributed by atoms with Gasteiger partial charge < -0.3 is 0 Å². The predicted molar refractivity (Wildman–Crippen MR) is 94.5 cm³/mol. The minimum absolute atomic E-state index is 0.130. The van der Waals surface area contributed by atoms with Crippen LogP contribution in [0.4, 0.5) is 13.2 Å². The molecule has 0 amide bonds. The van der Waals surface area contributed by atoms with Crippen LogP contribution in [0.2, 0.25) is 0 Å². The van der Waals surface area contributed by atoms with Crippen molar-refractivity contribution in [2.75, 3.05) is 6.26 Å². The van der Waals surface area contributed by atoms with Crippen molar-refractivity contribution in [2.24, 2.45) is 0 Å². The normalized spacial score (nSPS) is 14.1. The Hall–Kier alpha value is -1.91. The lowest BCUT2D eigenvalue weighted by Gasteiger charge is -2.17. The number of nitrogens with one attached hydrogen (secondary N) is 1. The van der Waals surface area contributed by atoms with Crippen molar-refractivity contribution in [3.8, 4) is 0 Å². The van der Waals surface area contributed by atoms with Crippen molar-refractivity contribution in [3.05, 3.63) is 59.2 Å². The van der Waals surface area contributed by atoms with Gasteiger partial charge in [-0.2, -0.15) is 13.2 Å². The van der Waals surface area contributed by atoms with Gasteiger partial charge in [-0.25, -0.2) is 21.6 Å². The van der Waals surface area contributed by atoms with Crippen LogP contribution in [0.15, 0.2) is 52.3 Å². The molecule has 0 aliphatic heterocycles. The molecule has 0 radical (unpaired) electrons. The zero-order valence-corrected chi connectivity index (χ0v) is 16.3. The highest BCUT2D eigenvalue weighted by Gasteiger charge is 2.31. The molecule has 0 aliphatic rings. The highest BCUT2D eigenvalue weighted by Crippen LogP contribution is 2.31. The Balaban J connectivity index is 2.40. The van der Waals surface area contributed by atoms with Crippen LogP contribution in [0.5, 0.6) is 0 Å². The lowest BCUT2D eigenvalue weighted by atomic mass is 10.1. The van der Waals surface area contributed by atoms with Gasteiger partial charge in [-0.1, -0.05) is 18.2 Å². The molecule has 0 aliphatic carbocycles. The second-order valence-corrected chi connectivity index (χ2v) is 9.86. The van der Waals surface area contributed by atoms with Crippen LogP contribution in [-0.2, 0) is 26.0 Å². The monoisotopic (exact) mass is 421 g/mol. The predicted octanol–water partition coefficient (Wildman–Crippen LogP) is 3.46. The van der Waals surface area contributed by atoms with Crippen LogP contribution >= 0.6 is 0 Å². The average molecular weight is 421 g/mol. The van der Waals surface area contributed by atoms with E-state index in [0.717, 1.165) is 24.5 Å². The summed E-state index contributed by atoms with van der Waals surface area (Å²) in [5, 5.41) is 0. The standard InChI is InChI=1S/C17H18F3NO4S2/c1-11-7-8-15(26(3,22)23)10-16(11)27(24,25)21-12(2)13-5-4-6-14(9-13)17(18,19)20/h4-10,12,21H,1-3H3. The Bertz CT molecular complexity index is 1060. The van der Waals surface area contributed by atoms with Crippen molar-refractivity contribution in [1.29, 1.82) is 0 Å². The summed E-state index contributed by atoms with van der Waals surface area (Å²) < 4.78 is 89.5. The lowest BCUT2D eigenvalue weighted by molar-refractivity contribution is -0.137. The van der Waals surface area contributed by atoms with Gasteiger partial charge in [0.15, 0.2) is 9.84 Å². The number of hydrogen-bond donors (Lipinski definition) is 1. The van der Waals surface area contributed by atoms with E-state index in [2.05, 4.69) is 4.72 Å². The fourth-order valence-corrected chi connectivity index (χ4v) is 4.67. The number of hydrogen-bond acceptors (Lipinski definition) is 4. The Morgan fingerprint density at radius 3 is 2.19 bits per heavy atom. The molecule has 2 aromatic carbocycles. The first-order chi connectivity index (χ1) is 12.2. The second kappa shape index (κ2) is 7.25. The van der Waals surface area contributed by atoms with Gasteiger partial charge in [-0.05, 0) is 49.2 Å². The smallest absolute Gasteiger partial charge is 0.224 e. The van der Waals surface area contributed by atoms with Crippen molar-refractivity contribution in [2.45, 2.75) is 35.9 Å². The fourth-order valence-electron chi connectivity index (χ4n) is 2.45. The van der Waals surface area contributed by atoms with Gasteiger partial charge in [0.2, 0.25) is 10.0 Å². The van der Waals surface area contributed by atoms with Crippen LogP contribution in [0, 0.1) is 6.92 Å². The van der Waals surface area contributed by atoms with E-state index < -0.39 is 37.6 Å². The van der Waals surface area contributed by atoms with Crippen LogP contribution in [0.1, 0.15) is 29.7 Å². The summed E-state index contributed by atoms with van der Waals surface area (Å²) in [6.07, 6.45) is -3.60. The van der Waals surface area contributed by atoms with E-state index in [1.165, 1.54) is 38.1 Å². The molecule has 1 atom stereocenters. The minimum atomic E-state index is -4.55. The molecule has 0 spiro atoms. The zero-order valence-electron chi connectivity index (χ0n) is 14.7. The van der Waals surface area contributed by atoms with Crippen molar-refractivity contribution >= 4 is 19.9 Å². The third-order valence-electron chi connectivity index (χ3n) is 3.92. The molecule has 2 rings (SSSR count). The van der Waals surface area contributed by atoms with Gasteiger partial charge in [-0.15, -0.1) is 0 Å². The maximum atomic E-state index is 12.8. The lowest BCUT2D eigenvalue weighted by Crippen LogP contribution is -2.28. The van der Waals surface area contributed by atoms with Gasteiger partial charge >= 0.3 is 6.18 Å². The van der Waals surface area contributed by atoms with E-state index in [1.807, 2.05) is 0 Å². The molecule has 27 heavy (non-hydrogen) atoms. The van der Waals surface area contributed by atoms with Crippen LogP contribution < -0.4 is 4.72 Å². The molecule has 0 aromatic heterocycles. The molecule has 1 unspecified atom stereocenters. The topological polar surface area (TPSA) is 80.3 Å². The van der Waals surface area contributed by atoms with Crippen molar-refractivity contribution in [1.82, 2.24) is 4.72 Å². The summed E-state index contributed by atoms with van der Waals surface area (Å²) in [6.45, 7) is 2.90. The number of sulfonamides is 1. The Labute approximate surface area is 156 Å². The molecule has 10 heteroatoms. The molecule has 148 valence electrons. The zero-order chi connectivity index (χ0) is 20.6. The van der Waals surface area contributed by atoms with Crippen LogP contribution in [0.25, 0.3) is 0 Å². The molecular formula is C17H18F3NO4S2. The van der Waals surface area contributed by atoms with E-state index in [1.54, 1.807) is 0 Å². The van der Waals surface area contributed by atoms with Gasteiger partial charge in [0, 0.05) is 12.3 Å². The largest absolute Gasteiger partial charge is 0.416 e. The summed E-state index contributed by atoms with van der Waals surface area (Å²) in [6, 6.07) is 7.06. The molecule has 0 fully saturated rings. The molecule has 0 saturated carbocycles. The van der Waals surface area contributed by atoms with Crippen molar-refractivity contribution < 1.29 is 30.0 Å². The Kier molecular flexibility index (Phi) is 5.74. The Morgan fingerprint density at radius 1 is 1.00 bits per heavy atom. The first-order valence-electron chi connectivity index (χ1n) is 7.72. The first kappa shape index (κ1) is 21.4. The number of alkyl halides is 3. The SMILES string of the molecule is Cc1ccc(S(C)(=O)=O)cc1S(=O)(=O)NC(C)c1cccc(C(F)(F)F)c1. The number of halogens is 3. The van der Waals surface area contributed by atoms with Crippen LogP contribution in [-0.4, -0.2) is 23.1 Å². The number of rotatable bonds is 5. The number of sulfone groups is 1. The van der Waals surface area contributed by atoms with Gasteiger partial charge in [-0.3, -0.25) is 0 Å².